The van der Waals surface area contributed by atoms with E-state index in [0.29, 0.717) is 11.4 Å². The monoisotopic (exact) mass is 264 g/mol. The zero-order valence-electron chi connectivity index (χ0n) is 10.4. The van der Waals surface area contributed by atoms with Crippen molar-refractivity contribution in [2.24, 2.45) is 0 Å². The Labute approximate surface area is 109 Å². The minimum atomic E-state index is -0.193. The average Bonchev–Trinajstić information content (AvgIpc) is 2.87. The highest BCUT2D eigenvalue weighted by molar-refractivity contribution is 7.11. The molecule has 2 aromatic heterocycles. The fraction of sp³-hybridized carbons (Fsp3) is 0.333. The lowest BCUT2D eigenvalue weighted by Gasteiger charge is -2.12. The van der Waals surface area contributed by atoms with E-state index in [0.717, 1.165) is 6.42 Å². The van der Waals surface area contributed by atoms with Crippen LogP contribution in [-0.4, -0.2) is 22.1 Å². The summed E-state index contributed by atoms with van der Waals surface area (Å²) in [5, 5.41) is 9.18. The molecule has 1 unspecified atom stereocenters. The lowest BCUT2D eigenvalue weighted by atomic mass is 10.2. The van der Waals surface area contributed by atoms with Gasteiger partial charge in [-0.3, -0.25) is 9.89 Å². The molecule has 0 aliphatic rings. The maximum Gasteiger partial charge on any atom is 0.256 e. The van der Waals surface area contributed by atoms with Crippen molar-refractivity contribution in [3.63, 3.8) is 0 Å². The Balaban J connectivity index is 1.93. The molecular formula is C12H16N4OS. The lowest BCUT2D eigenvalue weighted by molar-refractivity contribution is 0.0941. The number of aromatic nitrogens is 2. The van der Waals surface area contributed by atoms with Crippen LogP contribution in [0.4, 0.5) is 5.82 Å². The lowest BCUT2D eigenvalue weighted by Crippen LogP contribution is -2.34. The zero-order valence-corrected chi connectivity index (χ0v) is 11.2. The molecule has 2 rings (SSSR count). The Kier molecular flexibility index (Phi) is 3.66. The van der Waals surface area contributed by atoms with Crippen molar-refractivity contribution in [2.75, 3.05) is 5.73 Å². The van der Waals surface area contributed by atoms with Crippen LogP contribution in [0.5, 0.6) is 0 Å². The van der Waals surface area contributed by atoms with Crippen LogP contribution in [0.25, 0.3) is 0 Å². The Morgan fingerprint density at radius 1 is 1.61 bits per heavy atom. The molecule has 0 saturated heterocycles. The standard InChI is InChI=1S/C12H16N4OS/c1-7(5-9-4-3-8(2)18-9)15-12(17)10-6-14-16-11(10)13/h3-4,6-7H,5H2,1-2H3,(H,15,17)(H3,13,14,16). The van der Waals surface area contributed by atoms with Gasteiger partial charge in [-0.15, -0.1) is 11.3 Å². The quantitative estimate of drug-likeness (QED) is 0.786. The number of thiophene rings is 1. The van der Waals surface area contributed by atoms with Gasteiger partial charge in [0, 0.05) is 22.2 Å². The molecule has 2 heterocycles. The molecular weight excluding hydrogens is 248 g/mol. The molecule has 0 saturated carbocycles. The predicted octanol–water partition coefficient (Wildman–Crippen LogP) is 1.72. The smallest absolute Gasteiger partial charge is 0.256 e. The summed E-state index contributed by atoms with van der Waals surface area (Å²) in [5.74, 6) is 0.105. The van der Waals surface area contributed by atoms with E-state index >= 15 is 0 Å². The van der Waals surface area contributed by atoms with Gasteiger partial charge in [-0.1, -0.05) is 0 Å². The molecule has 0 bridgehead atoms. The third-order valence-corrected chi connectivity index (χ3v) is 3.62. The van der Waals surface area contributed by atoms with Crippen LogP contribution in [0, 0.1) is 6.92 Å². The molecule has 18 heavy (non-hydrogen) atoms. The molecule has 5 nitrogen and oxygen atoms in total. The van der Waals surface area contributed by atoms with Crippen molar-refractivity contribution in [1.29, 1.82) is 0 Å². The number of aryl methyl sites for hydroxylation is 1. The second kappa shape index (κ2) is 5.22. The van der Waals surface area contributed by atoms with Gasteiger partial charge in [0.15, 0.2) is 0 Å². The maximum absolute atomic E-state index is 11.9. The summed E-state index contributed by atoms with van der Waals surface area (Å²) < 4.78 is 0. The number of aromatic amines is 1. The summed E-state index contributed by atoms with van der Waals surface area (Å²) in [4.78, 5) is 14.4. The van der Waals surface area contributed by atoms with E-state index in [1.165, 1.54) is 16.0 Å². The molecule has 0 aliphatic carbocycles. The summed E-state index contributed by atoms with van der Waals surface area (Å²) >= 11 is 1.75. The average molecular weight is 264 g/mol. The number of nitrogens with one attached hydrogen (secondary N) is 2. The Bertz CT molecular complexity index is 546. The SMILES string of the molecule is Cc1ccc(CC(C)NC(=O)c2cn[nH]c2N)s1. The molecule has 0 aliphatic heterocycles. The number of rotatable bonds is 4. The normalized spacial score (nSPS) is 12.3. The van der Waals surface area contributed by atoms with Crippen LogP contribution in [0.2, 0.25) is 0 Å². The van der Waals surface area contributed by atoms with E-state index in [4.69, 9.17) is 5.73 Å². The minimum absolute atomic E-state index is 0.0600. The van der Waals surface area contributed by atoms with Gasteiger partial charge in [0.1, 0.15) is 11.4 Å². The fourth-order valence-corrected chi connectivity index (χ4v) is 2.75. The number of hydrogen-bond acceptors (Lipinski definition) is 4. The third-order valence-electron chi connectivity index (χ3n) is 2.59. The van der Waals surface area contributed by atoms with E-state index < -0.39 is 0 Å². The first kappa shape index (κ1) is 12.6. The molecule has 1 atom stereocenters. The van der Waals surface area contributed by atoms with E-state index in [1.807, 2.05) is 6.92 Å². The van der Waals surface area contributed by atoms with Crippen molar-refractivity contribution >= 4 is 23.1 Å². The van der Waals surface area contributed by atoms with Gasteiger partial charge in [-0.2, -0.15) is 5.10 Å². The van der Waals surface area contributed by atoms with Crippen LogP contribution >= 0.6 is 11.3 Å². The highest BCUT2D eigenvalue weighted by atomic mass is 32.1. The highest BCUT2D eigenvalue weighted by Gasteiger charge is 2.14. The molecule has 6 heteroatoms. The zero-order chi connectivity index (χ0) is 13.1. The summed E-state index contributed by atoms with van der Waals surface area (Å²) in [5.41, 5.74) is 5.99. The summed E-state index contributed by atoms with van der Waals surface area (Å²) in [6.45, 7) is 4.05. The van der Waals surface area contributed by atoms with Crippen molar-refractivity contribution in [3.8, 4) is 0 Å². The van der Waals surface area contributed by atoms with E-state index in [9.17, 15) is 4.79 Å². The molecule has 0 aromatic carbocycles. The van der Waals surface area contributed by atoms with E-state index in [2.05, 4.69) is 34.6 Å². The Hall–Kier alpha value is -1.82. The number of nitrogen functional groups attached to an aromatic ring is 1. The number of hydrogen-bond donors (Lipinski definition) is 3. The number of amides is 1. The van der Waals surface area contributed by atoms with Crippen LogP contribution in [-0.2, 0) is 6.42 Å². The largest absolute Gasteiger partial charge is 0.383 e. The summed E-state index contributed by atoms with van der Waals surface area (Å²) in [6.07, 6.45) is 2.26. The Morgan fingerprint density at radius 3 is 2.94 bits per heavy atom. The second-order valence-electron chi connectivity index (χ2n) is 4.29. The molecule has 2 aromatic rings. The van der Waals surface area contributed by atoms with Gasteiger partial charge in [-0.05, 0) is 26.0 Å². The summed E-state index contributed by atoms with van der Waals surface area (Å²) in [6, 6.07) is 4.24. The van der Waals surface area contributed by atoms with Gasteiger partial charge >= 0.3 is 0 Å². The predicted molar refractivity (Wildman–Crippen MR) is 72.7 cm³/mol. The topological polar surface area (TPSA) is 83.8 Å². The molecule has 0 radical (unpaired) electrons. The third kappa shape index (κ3) is 2.89. The van der Waals surface area contributed by atoms with Crippen molar-refractivity contribution < 1.29 is 4.79 Å². The fourth-order valence-electron chi connectivity index (χ4n) is 1.73. The van der Waals surface area contributed by atoms with Crippen LogP contribution in [0.3, 0.4) is 0 Å². The molecule has 0 fully saturated rings. The number of carbonyl (C=O) groups excluding carboxylic acids is 1. The first-order valence-electron chi connectivity index (χ1n) is 5.71. The number of carbonyl (C=O) groups is 1. The van der Waals surface area contributed by atoms with Crippen molar-refractivity contribution in [1.82, 2.24) is 15.5 Å². The molecule has 1 amide bonds. The van der Waals surface area contributed by atoms with Crippen LogP contribution in [0.1, 0.15) is 27.0 Å². The first-order valence-corrected chi connectivity index (χ1v) is 6.53. The van der Waals surface area contributed by atoms with E-state index in [-0.39, 0.29) is 11.9 Å². The number of nitrogens with two attached hydrogens (primary N) is 1. The van der Waals surface area contributed by atoms with Gasteiger partial charge < -0.3 is 11.1 Å². The van der Waals surface area contributed by atoms with Crippen LogP contribution in [0.15, 0.2) is 18.3 Å². The number of anilines is 1. The van der Waals surface area contributed by atoms with E-state index in [1.54, 1.807) is 11.3 Å². The number of nitrogens with zero attached hydrogens (tertiary/aromatic N) is 1. The Morgan fingerprint density at radius 2 is 2.39 bits per heavy atom. The van der Waals surface area contributed by atoms with Gasteiger partial charge in [0.25, 0.3) is 5.91 Å². The number of H-pyrrole nitrogens is 1. The van der Waals surface area contributed by atoms with Crippen molar-refractivity contribution in [3.05, 3.63) is 33.6 Å². The molecule has 0 spiro atoms. The van der Waals surface area contributed by atoms with Crippen LogP contribution < -0.4 is 11.1 Å². The highest BCUT2D eigenvalue weighted by Crippen LogP contribution is 2.17. The maximum atomic E-state index is 11.9. The summed E-state index contributed by atoms with van der Waals surface area (Å²) in [7, 11) is 0. The van der Waals surface area contributed by atoms with Gasteiger partial charge in [0.05, 0.1) is 6.20 Å². The van der Waals surface area contributed by atoms with Gasteiger partial charge in [0.2, 0.25) is 0 Å². The van der Waals surface area contributed by atoms with Gasteiger partial charge in [-0.25, -0.2) is 0 Å². The van der Waals surface area contributed by atoms with Crippen molar-refractivity contribution in [2.45, 2.75) is 26.3 Å². The molecule has 96 valence electrons. The second-order valence-corrected chi connectivity index (χ2v) is 5.66. The minimum Gasteiger partial charge on any atom is -0.383 e. The first-order chi connectivity index (χ1) is 8.56. The molecule has 4 N–H and O–H groups in total.